The monoisotopic (exact) mass is 296 g/mol. The van der Waals surface area contributed by atoms with Crippen LogP contribution in [0.3, 0.4) is 0 Å². The summed E-state index contributed by atoms with van der Waals surface area (Å²) in [6.07, 6.45) is 0. The van der Waals surface area contributed by atoms with Crippen molar-refractivity contribution in [2.45, 2.75) is 6.92 Å². The number of rotatable bonds is 2. The van der Waals surface area contributed by atoms with Gasteiger partial charge in [0.25, 0.3) is 0 Å². The molecule has 17 heavy (non-hydrogen) atoms. The summed E-state index contributed by atoms with van der Waals surface area (Å²) >= 11 is 3.35. The molecular formula is C11H9BrN2O3. The number of phenolic OH excluding ortho intramolecular Hbond substituents is 1. The lowest BCUT2D eigenvalue weighted by molar-refractivity contribution is 0.0690. The highest BCUT2D eigenvalue weighted by Crippen LogP contribution is 2.35. The smallest absolute Gasteiger partial charge is 0.353 e. The second kappa shape index (κ2) is 4.21. The zero-order chi connectivity index (χ0) is 12.6. The van der Waals surface area contributed by atoms with Gasteiger partial charge in [-0.1, -0.05) is 15.9 Å². The lowest BCUT2D eigenvalue weighted by Gasteiger charge is -2.07. The maximum Gasteiger partial charge on any atom is 0.353 e. The first-order chi connectivity index (χ1) is 8.00. The van der Waals surface area contributed by atoms with Crippen molar-refractivity contribution in [1.29, 1.82) is 0 Å². The Balaban J connectivity index is 2.60. The number of carbonyl (C=O) groups is 1. The molecule has 0 aliphatic carbocycles. The highest BCUT2D eigenvalue weighted by atomic mass is 79.9. The number of aromatic carboxylic acids is 1. The minimum atomic E-state index is -1.09. The van der Waals surface area contributed by atoms with Gasteiger partial charge in [0.2, 0.25) is 0 Å². The Hall–Kier alpha value is -1.82. The van der Waals surface area contributed by atoms with E-state index in [1.165, 1.54) is 12.1 Å². The fourth-order valence-electron chi connectivity index (χ4n) is 1.55. The lowest BCUT2D eigenvalue weighted by atomic mass is 10.0. The molecule has 0 aliphatic heterocycles. The molecule has 1 heterocycles. The molecule has 0 spiro atoms. The third kappa shape index (κ3) is 2.03. The third-order valence-electron chi connectivity index (χ3n) is 2.44. The molecule has 5 nitrogen and oxygen atoms in total. The minimum absolute atomic E-state index is 0.0150. The van der Waals surface area contributed by atoms with Crippen molar-refractivity contribution in [2.24, 2.45) is 0 Å². The fraction of sp³-hybridized carbons (Fsp3) is 0.0909. The van der Waals surface area contributed by atoms with Crippen LogP contribution in [0.2, 0.25) is 0 Å². The van der Waals surface area contributed by atoms with E-state index in [4.69, 9.17) is 5.11 Å². The third-order valence-corrected chi connectivity index (χ3v) is 3.30. The molecule has 6 heteroatoms. The maximum atomic E-state index is 10.7. The molecule has 2 aromatic rings. The van der Waals surface area contributed by atoms with E-state index in [1.807, 2.05) is 6.92 Å². The number of phenols is 1. The van der Waals surface area contributed by atoms with Crippen LogP contribution in [0.1, 0.15) is 16.1 Å². The predicted octanol–water partition coefficient (Wildman–Crippen LogP) is 2.55. The molecule has 0 fully saturated rings. The summed E-state index contributed by atoms with van der Waals surface area (Å²) in [6, 6.07) is 4.64. The minimum Gasteiger partial charge on any atom is -0.507 e. The van der Waals surface area contributed by atoms with E-state index in [0.29, 0.717) is 11.3 Å². The molecule has 1 aromatic heterocycles. The first-order valence-corrected chi connectivity index (χ1v) is 5.57. The average molecular weight is 297 g/mol. The van der Waals surface area contributed by atoms with Gasteiger partial charge in [-0.15, -0.1) is 0 Å². The first-order valence-electron chi connectivity index (χ1n) is 4.78. The van der Waals surface area contributed by atoms with Gasteiger partial charge in [-0.25, -0.2) is 4.79 Å². The van der Waals surface area contributed by atoms with E-state index in [9.17, 15) is 9.90 Å². The van der Waals surface area contributed by atoms with Gasteiger partial charge in [0.05, 0.1) is 5.69 Å². The van der Waals surface area contributed by atoms with E-state index in [2.05, 4.69) is 26.1 Å². The van der Waals surface area contributed by atoms with Crippen LogP contribution < -0.4 is 0 Å². The summed E-state index contributed by atoms with van der Waals surface area (Å²) in [4.78, 5) is 10.7. The quantitative estimate of drug-likeness (QED) is 0.795. The van der Waals surface area contributed by atoms with E-state index in [0.717, 1.165) is 10.0 Å². The van der Waals surface area contributed by atoms with Gasteiger partial charge in [-0.2, -0.15) is 5.10 Å². The van der Waals surface area contributed by atoms with E-state index in [-0.39, 0.29) is 11.4 Å². The Bertz CT molecular complexity index is 592. The first kappa shape index (κ1) is 11.7. The lowest BCUT2D eigenvalue weighted by Crippen LogP contribution is -1.95. The number of carboxylic acids is 1. The maximum absolute atomic E-state index is 10.7. The Morgan fingerprint density at radius 3 is 2.76 bits per heavy atom. The van der Waals surface area contributed by atoms with Crippen molar-refractivity contribution in [3.05, 3.63) is 33.9 Å². The molecule has 0 atom stereocenters. The standard InChI is InChI=1S/C11H9BrN2O3/c1-5-6(12)2-3-9(15)10(5)7-4-8(11(16)17)14-13-7/h2-4,15H,1H3,(H,13,14)(H,16,17). The van der Waals surface area contributed by atoms with Crippen LogP contribution in [0, 0.1) is 6.92 Å². The molecule has 0 saturated heterocycles. The van der Waals surface area contributed by atoms with Crippen LogP contribution in [0.4, 0.5) is 0 Å². The van der Waals surface area contributed by atoms with Crippen molar-refractivity contribution in [3.63, 3.8) is 0 Å². The summed E-state index contributed by atoms with van der Waals surface area (Å²) in [5.74, 6) is -1.02. The number of nitrogens with zero attached hydrogens (tertiary/aromatic N) is 1. The van der Waals surface area contributed by atoms with Crippen molar-refractivity contribution < 1.29 is 15.0 Å². The predicted molar refractivity (Wildman–Crippen MR) is 65.1 cm³/mol. The second-order valence-electron chi connectivity index (χ2n) is 3.54. The Morgan fingerprint density at radius 1 is 1.47 bits per heavy atom. The second-order valence-corrected chi connectivity index (χ2v) is 4.39. The van der Waals surface area contributed by atoms with Crippen LogP contribution in [0.25, 0.3) is 11.3 Å². The fourth-order valence-corrected chi connectivity index (χ4v) is 1.89. The molecule has 0 unspecified atom stereocenters. The van der Waals surface area contributed by atoms with Gasteiger partial charge < -0.3 is 10.2 Å². The molecule has 1 aromatic carbocycles. The van der Waals surface area contributed by atoms with E-state index < -0.39 is 5.97 Å². The number of aromatic amines is 1. The van der Waals surface area contributed by atoms with Gasteiger partial charge in [0, 0.05) is 10.0 Å². The van der Waals surface area contributed by atoms with Crippen LogP contribution >= 0.6 is 15.9 Å². The molecule has 0 saturated carbocycles. The van der Waals surface area contributed by atoms with Crippen molar-refractivity contribution in [2.75, 3.05) is 0 Å². The van der Waals surface area contributed by atoms with Gasteiger partial charge in [-0.05, 0) is 30.7 Å². The number of carboxylic acid groups (broad SMARTS) is 1. The van der Waals surface area contributed by atoms with Crippen LogP contribution in [0.5, 0.6) is 5.75 Å². The van der Waals surface area contributed by atoms with Gasteiger partial charge in [0.15, 0.2) is 0 Å². The summed E-state index contributed by atoms with van der Waals surface area (Å²) in [6.45, 7) is 1.81. The highest BCUT2D eigenvalue weighted by molar-refractivity contribution is 9.10. The average Bonchev–Trinajstić information content (AvgIpc) is 2.73. The van der Waals surface area contributed by atoms with Crippen molar-refractivity contribution in [3.8, 4) is 17.0 Å². The number of H-pyrrole nitrogens is 1. The summed E-state index contributed by atoms with van der Waals surface area (Å²) < 4.78 is 0.824. The molecule has 0 amide bonds. The number of benzene rings is 1. The SMILES string of the molecule is Cc1c(Br)ccc(O)c1-c1cc(C(=O)O)[nH]n1. The molecule has 3 N–H and O–H groups in total. The number of aromatic hydroxyl groups is 1. The van der Waals surface area contributed by atoms with Gasteiger partial charge in [-0.3, -0.25) is 5.10 Å². The topological polar surface area (TPSA) is 86.2 Å². The molecule has 2 rings (SSSR count). The van der Waals surface area contributed by atoms with Gasteiger partial charge in [0.1, 0.15) is 11.4 Å². The van der Waals surface area contributed by atoms with Crippen LogP contribution in [-0.2, 0) is 0 Å². The Labute approximate surface area is 105 Å². The molecule has 88 valence electrons. The number of nitrogens with one attached hydrogen (secondary N) is 1. The van der Waals surface area contributed by atoms with Crippen LogP contribution in [-0.4, -0.2) is 26.4 Å². The number of hydrogen-bond acceptors (Lipinski definition) is 3. The Kier molecular flexibility index (Phi) is 2.89. The number of hydrogen-bond donors (Lipinski definition) is 3. The highest BCUT2D eigenvalue weighted by Gasteiger charge is 2.15. The zero-order valence-electron chi connectivity index (χ0n) is 8.86. The van der Waals surface area contributed by atoms with E-state index >= 15 is 0 Å². The number of aromatic nitrogens is 2. The normalized spacial score (nSPS) is 10.5. The Morgan fingerprint density at radius 2 is 2.18 bits per heavy atom. The zero-order valence-corrected chi connectivity index (χ0v) is 10.4. The molecule has 0 radical (unpaired) electrons. The van der Waals surface area contributed by atoms with Crippen molar-refractivity contribution in [1.82, 2.24) is 10.2 Å². The largest absolute Gasteiger partial charge is 0.507 e. The summed E-state index contributed by atoms with van der Waals surface area (Å²) in [5.41, 5.74) is 1.70. The molecule has 0 aliphatic rings. The van der Waals surface area contributed by atoms with Gasteiger partial charge >= 0.3 is 5.97 Å². The van der Waals surface area contributed by atoms with Crippen LogP contribution in [0.15, 0.2) is 22.7 Å². The molecular weight excluding hydrogens is 288 g/mol. The molecule has 0 bridgehead atoms. The number of halogens is 1. The van der Waals surface area contributed by atoms with Crippen molar-refractivity contribution >= 4 is 21.9 Å². The summed E-state index contributed by atoms with van der Waals surface area (Å²) in [5, 5.41) is 24.9. The van der Waals surface area contributed by atoms with E-state index in [1.54, 1.807) is 6.07 Å². The summed E-state index contributed by atoms with van der Waals surface area (Å²) in [7, 11) is 0.